The van der Waals surface area contributed by atoms with E-state index in [0.29, 0.717) is 0 Å². The fourth-order valence-corrected chi connectivity index (χ4v) is 1.82. The van der Waals surface area contributed by atoms with Gasteiger partial charge in [0, 0.05) is 0 Å². The van der Waals surface area contributed by atoms with Crippen molar-refractivity contribution in [1.29, 1.82) is 0 Å². The van der Waals surface area contributed by atoms with Gasteiger partial charge in [-0.25, -0.2) is 0 Å². The number of allylic oxidation sites excluding steroid dienone is 3. The topological polar surface area (TPSA) is 0 Å². The first-order valence-electron chi connectivity index (χ1n) is 7.17. The van der Waals surface area contributed by atoms with Gasteiger partial charge >= 0.3 is 0 Å². The van der Waals surface area contributed by atoms with E-state index in [4.69, 9.17) is 0 Å². The van der Waals surface area contributed by atoms with Crippen LogP contribution in [0.15, 0.2) is 24.8 Å². The average Bonchev–Trinajstić information content (AvgIpc) is 2.31. The second kappa shape index (κ2) is 14.5. The Hall–Kier alpha value is -0.520. The molecule has 16 heavy (non-hydrogen) atoms. The van der Waals surface area contributed by atoms with Gasteiger partial charge in [-0.15, -0.1) is 6.58 Å². The molecular formula is C16H30. The van der Waals surface area contributed by atoms with Gasteiger partial charge in [0.2, 0.25) is 0 Å². The third-order valence-electron chi connectivity index (χ3n) is 2.92. The lowest BCUT2D eigenvalue weighted by Gasteiger charge is -1.99. The number of unbranched alkanes of at least 4 members (excludes halogenated alkanes) is 9. The Kier molecular flexibility index (Phi) is 14.0. The first-order valence-corrected chi connectivity index (χ1v) is 7.17. The fraction of sp³-hybridized carbons (Fsp3) is 0.750. The molecule has 0 saturated heterocycles. The van der Waals surface area contributed by atoms with Crippen molar-refractivity contribution in [3.05, 3.63) is 24.8 Å². The zero-order valence-electron chi connectivity index (χ0n) is 11.2. The quantitative estimate of drug-likeness (QED) is 0.279. The Morgan fingerprint density at radius 1 is 0.688 bits per heavy atom. The lowest BCUT2D eigenvalue weighted by Crippen LogP contribution is -1.79. The van der Waals surface area contributed by atoms with Crippen molar-refractivity contribution in [2.75, 3.05) is 0 Å². The van der Waals surface area contributed by atoms with Crippen LogP contribution in [0.1, 0.15) is 77.6 Å². The molecule has 0 aromatic carbocycles. The number of rotatable bonds is 12. The summed E-state index contributed by atoms with van der Waals surface area (Å²) in [5, 5.41) is 0. The van der Waals surface area contributed by atoms with Crippen molar-refractivity contribution in [3.63, 3.8) is 0 Å². The maximum Gasteiger partial charge on any atom is -0.0351 e. The van der Waals surface area contributed by atoms with Gasteiger partial charge < -0.3 is 0 Å². The van der Waals surface area contributed by atoms with Crippen LogP contribution in [-0.4, -0.2) is 0 Å². The van der Waals surface area contributed by atoms with Crippen molar-refractivity contribution in [2.45, 2.75) is 77.6 Å². The van der Waals surface area contributed by atoms with E-state index < -0.39 is 0 Å². The van der Waals surface area contributed by atoms with E-state index in [0.717, 1.165) is 0 Å². The summed E-state index contributed by atoms with van der Waals surface area (Å²) in [7, 11) is 0. The molecule has 0 spiro atoms. The Labute approximate surface area is 103 Å². The van der Waals surface area contributed by atoms with Crippen molar-refractivity contribution in [1.82, 2.24) is 0 Å². The maximum atomic E-state index is 3.74. The highest BCUT2D eigenvalue weighted by molar-refractivity contribution is 4.81. The van der Waals surface area contributed by atoms with Gasteiger partial charge in [-0.1, -0.05) is 63.7 Å². The van der Waals surface area contributed by atoms with Gasteiger partial charge in [-0.05, 0) is 32.1 Å². The summed E-state index contributed by atoms with van der Waals surface area (Å²) in [5.74, 6) is 0. The van der Waals surface area contributed by atoms with Crippen molar-refractivity contribution < 1.29 is 0 Å². The third-order valence-corrected chi connectivity index (χ3v) is 2.92. The van der Waals surface area contributed by atoms with E-state index in [9.17, 15) is 0 Å². The van der Waals surface area contributed by atoms with Crippen LogP contribution in [-0.2, 0) is 0 Å². The predicted molar refractivity (Wildman–Crippen MR) is 75.8 cm³/mol. The minimum Gasteiger partial charge on any atom is -0.103 e. The Bertz CT molecular complexity index is 155. The predicted octanol–water partition coefficient (Wildman–Crippen LogP) is 6.04. The molecule has 0 heteroatoms. The Morgan fingerprint density at radius 3 is 1.75 bits per heavy atom. The molecule has 0 aliphatic heterocycles. The van der Waals surface area contributed by atoms with Gasteiger partial charge in [-0.3, -0.25) is 0 Å². The number of hydrogen-bond donors (Lipinski definition) is 0. The summed E-state index contributed by atoms with van der Waals surface area (Å²) in [4.78, 5) is 0. The van der Waals surface area contributed by atoms with E-state index in [1.807, 2.05) is 6.08 Å². The zero-order chi connectivity index (χ0) is 11.9. The fourth-order valence-electron chi connectivity index (χ4n) is 1.82. The van der Waals surface area contributed by atoms with Crippen LogP contribution in [0.4, 0.5) is 0 Å². The molecule has 0 aliphatic carbocycles. The lowest BCUT2D eigenvalue weighted by atomic mass is 10.1. The van der Waals surface area contributed by atoms with Crippen LogP contribution in [0, 0.1) is 0 Å². The smallest absolute Gasteiger partial charge is 0.0351 e. The molecule has 0 amide bonds. The van der Waals surface area contributed by atoms with Gasteiger partial charge in [0.25, 0.3) is 0 Å². The van der Waals surface area contributed by atoms with Gasteiger partial charge in [0.15, 0.2) is 0 Å². The summed E-state index contributed by atoms with van der Waals surface area (Å²) >= 11 is 0. The molecule has 0 aliphatic rings. The molecule has 94 valence electrons. The van der Waals surface area contributed by atoms with E-state index in [1.54, 1.807) is 0 Å². The maximum absolute atomic E-state index is 3.74. The highest BCUT2D eigenvalue weighted by atomic mass is 14.0. The molecule has 0 atom stereocenters. The molecule has 0 saturated carbocycles. The Balaban J connectivity index is 2.98. The molecule has 0 nitrogen and oxygen atoms in total. The largest absolute Gasteiger partial charge is 0.103 e. The molecule has 0 N–H and O–H groups in total. The first kappa shape index (κ1) is 15.5. The van der Waals surface area contributed by atoms with Crippen LogP contribution >= 0.6 is 0 Å². The summed E-state index contributed by atoms with van der Waals surface area (Å²) in [6.07, 6.45) is 21.5. The first-order chi connectivity index (χ1) is 7.91. The molecule has 0 aromatic rings. The monoisotopic (exact) mass is 222 g/mol. The second-order valence-corrected chi connectivity index (χ2v) is 4.60. The van der Waals surface area contributed by atoms with Crippen LogP contribution in [0.25, 0.3) is 0 Å². The van der Waals surface area contributed by atoms with Gasteiger partial charge in [-0.2, -0.15) is 0 Å². The van der Waals surface area contributed by atoms with Crippen LogP contribution in [0.3, 0.4) is 0 Å². The molecule has 0 unspecified atom stereocenters. The lowest BCUT2D eigenvalue weighted by molar-refractivity contribution is 0.600. The molecule has 0 aromatic heterocycles. The second-order valence-electron chi connectivity index (χ2n) is 4.60. The van der Waals surface area contributed by atoms with Crippen molar-refractivity contribution in [2.24, 2.45) is 0 Å². The van der Waals surface area contributed by atoms with Crippen LogP contribution in [0.2, 0.25) is 0 Å². The van der Waals surface area contributed by atoms with E-state index >= 15 is 0 Å². The molecule has 0 radical (unpaired) electrons. The summed E-state index contributed by atoms with van der Waals surface area (Å²) in [5.41, 5.74) is 0. The van der Waals surface area contributed by atoms with Crippen LogP contribution in [0.5, 0.6) is 0 Å². The summed E-state index contributed by atoms with van der Waals surface area (Å²) < 4.78 is 0. The normalized spacial score (nSPS) is 11.1. The van der Waals surface area contributed by atoms with E-state index in [2.05, 4.69) is 25.7 Å². The molecule has 0 fully saturated rings. The standard InChI is InChI=1S/C16H30/c1-3-5-7-9-11-13-15-16-14-12-10-8-6-4-2/h3,10,12H,1,4-9,11,13-16H2,2H3/b12-10+. The minimum absolute atomic E-state index is 1.19. The summed E-state index contributed by atoms with van der Waals surface area (Å²) in [6.45, 7) is 5.99. The number of hydrogen-bond acceptors (Lipinski definition) is 0. The minimum atomic E-state index is 1.19. The highest BCUT2D eigenvalue weighted by Gasteiger charge is 1.89. The van der Waals surface area contributed by atoms with Crippen molar-refractivity contribution >= 4 is 0 Å². The average molecular weight is 222 g/mol. The third kappa shape index (κ3) is 13.5. The summed E-state index contributed by atoms with van der Waals surface area (Å²) in [6, 6.07) is 0. The van der Waals surface area contributed by atoms with Crippen LogP contribution < -0.4 is 0 Å². The zero-order valence-corrected chi connectivity index (χ0v) is 11.2. The van der Waals surface area contributed by atoms with Gasteiger partial charge in [0.1, 0.15) is 0 Å². The molecule has 0 bridgehead atoms. The molecular weight excluding hydrogens is 192 g/mol. The molecule has 0 rings (SSSR count). The van der Waals surface area contributed by atoms with Crippen molar-refractivity contribution in [3.8, 4) is 0 Å². The SMILES string of the molecule is C=CCCCCCCCC/C=C/CCCC. The Morgan fingerprint density at radius 2 is 1.19 bits per heavy atom. The van der Waals surface area contributed by atoms with E-state index in [1.165, 1.54) is 70.6 Å². The molecule has 0 heterocycles. The highest BCUT2D eigenvalue weighted by Crippen LogP contribution is 2.09. The van der Waals surface area contributed by atoms with E-state index in [-0.39, 0.29) is 0 Å². The van der Waals surface area contributed by atoms with Gasteiger partial charge in [0.05, 0.1) is 0 Å².